The van der Waals surface area contributed by atoms with E-state index in [9.17, 15) is 4.79 Å². The summed E-state index contributed by atoms with van der Waals surface area (Å²) in [6.45, 7) is 4.59. The third-order valence-electron chi connectivity index (χ3n) is 1.80. The van der Waals surface area contributed by atoms with Gasteiger partial charge in [0.15, 0.2) is 0 Å². The van der Waals surface area contributed by atoms with Crippen molar-refractivity contribution in [1.29, 1.82) is 0 Å². The van der Waals surface area contributed by atoms with Gasteiger partial charge in [-0.3, -0.25) is 0 Å². The van der Waals surface area contributed by atoms with Gasteiger partial charge in [0.05, 0.1) is 26.4 Å². The fraction of sp³-hybridized carbons (Fsp3) is 0.750. The van der Waals surface area contributed by atoms with E-state index in [1.807, 2.05) is 6.92 Å². The summed E-state index contributed by atoms with van der Waals surface area (Å²) >= 11 is 0. The van der Waals surface area contributed by atoms with E-state index in [-0.39, 0.29) is 0 Å². The van der Waals surface area contributed by atoms with Gasteiger partial charge < -0.3 is 19.5 Å². The smallest absolute Gasteiger partial charge is 0.407 e. The fourth-order valence-electron chi connectivity index (χ4n) is 0.937. The van der Waals surface area contributed by atoms with E-state index in [0.717, 1.165) is 12.8 Å². The first-order valence-corrected chi connectivity index (χ1v) is 5.80. The first-order chi connectivity index (χ1) is 8.31. The lowest BCUT2D eigenvalue weighted by molar-refractivity contribution is 0.0604. The number of hydrogen-bond donors (Lipinski definition) is 1. The van der Waals surface area contributed by atoms with Crippen LogP contribution in [0.1, 0.15) is 19.8 Å². The van der Waals surface area contributed by atoms with Gasteiger partial charge in [-0.2, -0.15) is 0 Å². The van der Waals surface area contributed by atoms with Crippen LogP contribution in [0.5, 0.6) is 0 Å². The predicted octanol–water partition coefficient (Wildman–Crippen LogP) is 1.18. The van der Waals surface area contributed by atoms with Crippen LogP contribution in [0.15, 0.2) is 0 Å². The van der Waals surface area contributed by atoms with Crippen molar-refractivity contribution in [2.45, 2.75) is 19.8 Å². The quantitative estimate of drug-likeness (QED) is 0.462. The molecule has 0 bridgehead atoms. The van der Waals surface area contributed by atoms with Crippen LogP contribution in [0.2, 0.25) is 0 Å². The molecule has 0 saturated heterocycles. The van der Waals surface area contributed by atoms with E-state index in [1.165, 1.54) is 0 Å². The van der Waals surface area contributed by atoms with Crippen LogP contribution >= 0.6 is 0 Å². The Morgan fingerprint density at radius 2 is 2.00 bits per heavy atom. The number of hydrogen-bond acceptors (Lipinski definition) is 4. The minimum atomic E-state index is -0.398. The number of terminal acetylenes is 1. The van der Waals surface area contributed by atoms with Crippen molar-refractivity contribution in [3.8, 4) is 12.3 Å². The third kappa shape index (κ3) is 12.7. The average molecular weight is 243 g/mol. The summed E-state index contributed by atoms with van der Waals surface area (Å²) in [6.07, 6.45) is 6.49. The molecule has 0 spiro atoms. The summed E-state index contributed by atoms with van der Waals surface area (Å²) in [6, 6.07) is 0. The molecule has 0 aromatic carbocycles. The van der Waals surface area contributed by atoms with Crippen molar-refractivity contribution in [3.63, 3.8) is 0 Å². The Hall–Kier alpha value is -1.25. The Kier molecular flexibility index (Phi) is 11.9. The summed E-state index contributed by atoms with van der Waals surface area (Å²) in [4.78, 5) is 11.1. The normalized spacial score (nSPS) is 9.65. The highest BCUT2D eigenvalue weighted by molar-refractivity contribution is 5.66. The van der Waals surface area contributed by atoms with E-state index in [4.69, 9.17) is 20.6 Å². The second-order valence-electron chi connectivity index (χ2n) is 3.29. The van der Waals surface area contributed by atoms with Gasteiger partial charge >= 0.3 is 6.09 Å². The van der Waals surface area contributed by atoms with E-state index in [1.54, 1.807) is 0 Å². The highest BCUT2D eigenvalue weighted by Gasteiger charge is 1.99. The molecule has 0 aliphatic rings. The highest BCUT2D eigenvalue weighted by Crippen LogP contribution is 1.88. The second-order valence-corrected chi connectivity index (χ2v) is 3.29. The van der Waals surface area contributed by atoms with E-state index in [2.05, 4.69) is 11.2 Å². The lowest BCUT2D eigenvalue weighted by atomic mass is 10.4. The van der Waals surface area contributed by atoms with E-state index >= 15 is 0 Å². The SMILES string of the molecule is C#CCOCCOCCNC(=O)OCCCC. The molecule has 0 aliphatic carbocycles. The molecule has 0 aromatic heterocycles. The molecule has 0 radical (unpaired) electrons. The number of nitrogens with one attached hydrogen (secondary N) is 1. The number of amides is 1. The van der Waals surface area contributed by atoms with Crippen LogP contribution in [0.4, 0.5) is 4.79 Å². The molecule has 98 valence electrons. The number of rotatable bonds is 10. The molecule has 0 aromatic rings. The van der Waals surface area contributed by atoms with E-state index in [0.29, 0.717) is 39.6 Å². The zero-order valence-corrected chi connectivity index (χ0v) is 10.4. The fourth-order valence-corrected chi connectivity index (χ4v) is 0.937. The predicted molar refractivity (Wildman–Crippen MR) is 64.7 cm³/mol. The van der Waals surface area contributed by atoms with Crippen LogP contribution in [0.25, 0.3) is 0 Å². The number of ether oxygens (including phenoxy) is 3. The molecule has 17 heavy (non-hydrogen) atoms. The number of alkyl carbamates (subject to hydrolysis) is 1. The van der Waals surface area contributed by atoms with Crippen LogP contribution in [-0.2, 0) is 14.2 Å². The topological polar surface area (TPSA) is 56.8 Å². The molecule has 1 N–H and O–H groups in total. The summed E-state index contributed by atoms with van der Waals surface area (Å²) in [7, 11) is 0. The lowest BCUT2D eigenvalue weighted by Crippen LogP contribution is -2.28. The van der Waals surface area contributed by atoms with Gasteiger partial charge in [-0.15, -0.1) is 6.42 Å². The Balaban J connectivity index is 3.11. The maximum absolute atomic E-state index is 11.1. The van der Waals surface area contributed by atoms with Gasteiger partial charge in [0, 0.05) is 6.54 Å². The van der Waals surface area contributed by atoms with Gasteiger partial charge in [0.1, 0.15) is 6.61 Å². The minimum absolute atomic E-state index is 0.297. The summed E-state index contributed by atoms with van der Waals surface area (Å²) in [5.74, 6) is 2.36. The zero-order chi connectivity index (χ0) is 12.8. The molecular weight excluding hydrogens is 222 g/mol. The monoisotopic (exact) mass is 243 g/mol. The number of carbonyl (C=O) groups is 1. The first-order valence-electron chi connectivity index (χ1n) is 5.80. The Bertz CT molecular complexity index is 225. The first kappa shape index (κ1) is 15.8. The van der Waals surface area contributed by atoms with Crippen LogP contribution < -0.4 is 5.32 Å². The van der Waals surface area contributed by atoms with Crippen molar-refractivity contribution in [2.24, 2.45) is 0 Å². The molecule has 0 rings (SSSR count). The van der Waals surface area contributed by atoms with Gasteiger partial charge in [0.2, 0.25) is 0 Å². The number of carbonyl (C=O) groups excluding carboxylic acids is 1. The second kappa shape index (κ2) is 12.8. The molecule has 1 amide bonds. The Morgan fingerprint density at radius 3 is 2.71 bits per heavy atom. The summed E-state index contributed by atoms with van der Waals surface area (Å²) < 4.78 is 15.1. The van der Waals surface area contributed by atoms with Crippen molar-refractivity contribution < 1.29 is 19.0 Å². The van der Waals surface area contributed by atoms with Crippen LogP contribution in [0, 0.1) is 12.3 Å². The molecule has 0 saturated carbocycles. The standard InChI is InChI=1S/C12H21NO4/c1-3-5-8-17-12(14)13-6-9-16-11-10-15-7-4-2/h2H,3,5-11H2,1H3,(H,13,14). The van der Waals surface area contributed by atoms with Gasteiger partial charge in [-0.05, 0) is 6.42 Å². The van der Waals surface area contributed by atoms with Crippen molar-refractivity contribution >= 4 is 6.09 Å². The number of unbranched alkanes of at least 4 members (excludes halogenated alkanes) is 1. The summed E-state index contributed by atoms with van der Waals surface area (Å²) in [5.41, 5.74) is 0. The molecule has 5 heteroatoms. The van der Waals surface area contributed by atoms with Gasteiger partial charge in [0.25, 0.3) is 0 Å². The average Bonchev–Trinajstić information content (AvgIpc) is 2.33. The van der Waals surface area contributed by atoms with Gasteiger partial charge in [-0.25, -0.2) is 4.79 Å². The van der Waals surface area contributed by atoms with Crippen molar-refractivity contribution in [1.82, 2.24) is 5.32 Å². The Labute approximate surface area is 103 Å². The molecule has 0 fully saturated rings. The largest absolute Gasteiger partial charge is 0.450 e. The lowest BCUT2D eigenvalue weighted by Gasteiger charge is -2.07. The third-order valence-corrected chi connectivity index (χ3v) is 1.80. The minimum Gasteiger partial charge on any atom is -0.450 e. The molecule has 0 heterocycles. The van der Waals surface area contributed by atoms with E-state index < -0.39 is 6.09 Å². The van der Waals surface area contributed by atoms with Crippen LogP contribution in [0.3, 0.4) is 0 Å². The molecule has 0 aliphatic heterocycles. The maximum atomic E-state index is 11.1. The van der Waals surface area contributed by atoms with Crippen molar-refractivity contribution in [3.05, 3.63) is 0 Å². The van der Waals surface area contributed by atoms with Crippen molar-refractivity contribution in [2.75, 3.05) is 39.6 Å². The van der Waals surface area contributed by atoms with Gasteiger partial charge in [-0.1, -0.05) is 19.3 Å². The maximum Gasteiger partial charge on any atom is 0.407 e. The molecule has 0 unspecified atom stereocenters. The Morgan fingerprint density at radius 1 is 1.24 bits per heavy atom. The summed E-state index contributed by atoms with van der Waals surface area (Å²) in [5, 5.41) is 2.58. The highest BCUT2D eigenvalue weighted by atomic mass is 16.5. The molecule has 0 atom stereocenters. The zero-order valence-electron chi connectivity index (χ0n) is 10.4. The molecule has 5 nitrogen and oxygen atoms in total. The molecular formula is C12H21NO4. The van der Waals surface area contributed by atoms with Crippen LogP contribution in [-0.4, -0.2) is 45.7 Å².